The lowest BCUT2D eigenvalue weighted by molar-refractivity contribution is -0.0223. The van der Waals surface area contributed by atoms with Crippen molar-refractivity contribution in [3.63, 3.8) is 0 Å². The maximum Gasteiger partial charge on any atom is 0.0661 e. The largest absolute Gasteiger partial charge is 0.383 e. The highest BCUT2D eigenvalue weighted by molar-refractivity contribution is 5.01. The fourth-order valence-electron chi connectivity index (χ4n) is 2.73. The summed E-state index contributed by atoms with van der Waals surface area (Å²) in [6.07, 6.45) is 5.17. The van der Waals surface area contributed by atoms with Crippen LogP contribution >= 0.6 is 0 Å². The summed E-state index contributed by atoms with van der Waals surface area (Å²) >= 11 is 0. The minimum atomic E-state index is 0.0328. The van der Waals surface area contributed by atoms with Crippen molar-refractivity contribution in [1.82, 2.24) is 4.90 Å². The van der Waals surface area contributed by atoms with E-state index in [-0.39, 0.29) is 5.54 Å². The quantitative estimate of drug-likeness (QED) is 0.674. The van der Waals surface area contributed by atoms with Gasteiger partial charge in [-0.3, -0.25) is 4.90 Å². The van der Waals surface area contributed by atoms with Crippen molar-refractivity contribution < 1.29 is 4.74 Å². The van der Waals surface area contributed by atoms with Gasteiger partial charge in [-0.2, -0.15) is 0 Å². The number of hydrogen-bond donors (Lipinski definition) is 1. The van der Waals surface area contributed by atoms with Gasteiger partial charge in [0.2, 0.25) is 0 Å². The fourth-order valence-corrected chi connectivity index (χ4v) is 2.73. The molecule has 1 fully saturated rings. The van der Waals surface area contributed by atoms with Gasteiger partial charge in [-0.05, 0) is 31.7 Å². The van der Waals surface area contributed by atoms with Crippen LogP contribution in [0, 0.1) is 5.92 Å². The third kappa shape index (κ3) is 3.43. The van der Waals surface area contributed by atoms with E-state index >= 15 is 0 Å². The molecule has 0 aromatic heterocycles. The molecule has 0 aliphatic heterocycles. The van der Waals surface area contributed by atoms with Crippen molar-refractivity contribution in [2.75, 3.05) is 26.8 Å². The maximum absolute atomic E-state index is 6.11. The second-order valence-electron chi connectivity index (χ2n) is 5.67. The van der Waals surface area contributed by atoms with Gasteiger partial charge >= 0.3 is 0 Å². The van der Waals surface area contributed by atoms with Crippen LogP contribution in [0.1, 0.15) is 46.5 Å². The van der Waals surface area contributed by atoms with Gasteiger partial charge in [0.1, 0.15) is 0 Å². The standard InChI is InChI=1S/C14H30N2O/c1-5-6-9-16(13-7-8-13)14(10-15,11-17-4)12(2)3/h12-13H,5-11,15H2,1-4H3. The summed E-state index contributed by atoms with van der Waals surface area (Å²) in [6, 6.07) is 0.752. The van der Waals surface area contributed by atoms with E-state index in [1.807, 2.05) is 0 Å². The molecule has 1 saturated carbocycles. The van der Waals surface area contributed by atoms with Crippen molar-refractivity contribution in [3.8, 4) is 0 Å². The van der Waals surface area contributed by atoms with E-state index < -0.39 is 0 Å². The SMILES string of the molecule is CCCCN(C1CC1)C(CN)(COC)C(C)C. The van der Waals surface area contributed by atoms with Crippen LogP contribution < -0.4 is 5.73 Å². The third-order valence-electron chi connectivity index (χ3n) is 4.13. The molecular weight excluding hydrogens is 212 g/mol. The van der Waals surface area contributed by atoms with Crippen molar-refractivity contribution in [2.24, 2.45) is 11.7 Å². The molecule has 17 heavy (non-hydrogen) atoms. The van der Waals surface area contributed by atoms with E-state index in [1.165, 1.54) is 32.2 Å². The molecule has 1 rings (SSSR count). The van der Waals surface area contributed by atoms with Crippen molar-refractivity contribution in [3.05, 3.63) is 0 Å². The monoisotopic (exact) mass is 242 g/mol. The van der Waals surface area contributed by atoms with Crippen LogP contribution in [-0.4, -0.2) is 43.3 Å². The van der Waals surface area contributed by atoms with Gasteiger partial charge in [0.05, 0.1) is 12.1 Å². The van der Waals surface area contributed by atoms with Crippen molar-refractivity contribution in [1.29, 1.82) is 0 Å². The topological polar surface area (TPSA) is 38.5 Å². The number of nitrogens with zero attached hydrogens (tertiary/aromatic N) is 1. The van der Waals surface area contributed by atoms with Gasteiger partial charge in [0.15, 0.2) is 0 Å². The molecule has 0 heterocycles. The summed E-state index contributed by atoms with van der Waals surface area (Å²) in [7, 11) is 1.79. The predicted octanol–water partition coefficient (Wildman–Crippen LogP) is 2.25. The van der Waals surface area contributed by atoms with Crippen molar-refractivity contribution in [2.45, 2.75) is 58.0 Å². The zero-order valence-corrected chi connectivity index (χ0v) is 12.0. The first-order valence-corrected chi connectivity index (χ1v) is 7.08. The lowest BCUT2D eigenvalue weighted by Crippen LogP contribution is -2.61. The number of hydrogen-bond acceptors (Lipinski definition) is 3. The molecule has 0 spiro atoms. The molecule has 0 saturated heterocycles. The Morgan fingerprint density at radius 1 is 1.41 bits per heavy atom. The lowest BCUT2D eigenvalue weighted by atomic mass is 9.84. The molecule has 3 nitrogen and oxygen atoms in total. The number of ether oxygens (including phenoxy) is 1. The van der Waals surface area contributed by atoms with Crippen molar-refractivity contribution >= 4 is 0 Å². The Morgan fingerprint density at radius 3 is 2.41 bits per heavy atom. The van der Waals surface area contributed by atoms with E-state index in [9.17, 15) is 0 Å². The summed E-state index contributed by atoms with van der Waals surface area (Å²) in [4.78, 5) is 2.64. The highest BCUT2D eigenvalue weighted by Crippen LogP contribution is 2.36. The average Bonchev–Trinajstić information content (AvgIpc) is 3.11. The highest BCUT2D eigenvalue weighted by atomic mass is 16.5. The van der Waals surface area contributed by atoms with Crippen LogP contribution in [0.4, 0.5) is 0 Å². The summed E-state index contributed by atoms with van der Waals surface area (Å²) in [6.45, 7) is 9.40. The third-order valence-corrected chi connectivity index (χ3v) is 4.13. The normalized spacial score (nSPS) is 19.9. The average molecular weight is 242 g/mol. The van der Waals surface area contributed by atoms with Crippen LogP contribution in [0.2, 0.25) is 0 Å². The van der Waals surface area contributed by atoms with Crippen LogP contribution in [0.3, 0.4) is 0 Å². The van der Waals surface area contributed by atoms with Gasteiger partial charge in [0, 0.05) is 19.7 Å². The van der Waals surface area contributed by atoms with E-state index in [0.29, 0.717) is 12.5 Å². The predicted molar refractivity (Wildman–Crippen MR) is 73.1 cm³/mol. The van der Waals surface area contributed by atoms with Gasteiger partial charge in [-0.1, -0.05) is 27.2 Å². The number of rotatable bonds is 9. The van der Waals surface area contributed by atoms with Gasteiger partial charge in [-0.15, -0.1) is 0 Å². The zero-order chi connectivity index (χ0) is 12.9. The molecule has 0 amide bonds. The van der Waals surface area contributed by atoms with Crippen LogP contribution in [-0.2, 0) is 4.74 Å². The van der Waals surface area contributed by atoms with Gasteiger partial charge in [0.25, 0.3) is 0 Å². The minimum absolute atomic E-state index is 0.0328. The number of unbranched alkanes of at least 4 members (excludes halogenated alkanes) is 1. The second-order valence-corrected chi connectivity index (χ2v) is 5.67. The molecule has 2 N–H and O–H groups in total. The Kier molecular flexibility index (Phi) is 5.90. The molecule has 3 heteroatoms. The summed E-state index contributed by atoms with van der Waals surface area (Å²) in [5, 5.41) is 0. The van der Waals surface area contributed by atoms with Crippen LogP contribution in [0.15, 0.2) is 0 Å². The lowest BCUT2D eigenvalue weighted by Gasteiger charge is -2.46. The first kappa shape index (κ1) is 14.9. The summed E-state index contributed by atoms with van der Waals surface area (Å²) < 4.78 is 5.48. The zero-order valence-electron chi connectivity index (χ0n) is 12.0. The summed E-state index contributed by atoms with van der Waals surface area (Å²) in [5.74, 6) is 0.532. The van der Waals surface area contributed by atoms with E-state index in [2.05, 4.69) is 25.7 Å². The van der Waals surface area contributed by atoms with E-state index in [1.54, 1.807) is 7.11 Å². The Balaban J connectivity index is 2.81. The summed E-state index contributed by atoms with van der Waals surface area (Å²) in [5.41, 5.74) is 6.14. The number of methoxy groups -OCH3 is 1. The highest BCUT2D eigenvalue weighted by Gasteiger charge is 2.45. The fraction of sp³-hybridized carbons (Fsp3) is 1.00. The van der Waals surface area contributed by atoms with E-state index in [4.69, 9.17) is 10.5 Å². The van der Waals surface area contributed by atoms with Gasteiger partial charge in [-0.25, -0.2) is 0 Å². The molecule has 102 valence electrons. The number of nitrogens with two attached hydrogens (primary N) is 1. The molecule has 0 bridgehead atoms. The molecule has 0 aromatic carbocycles. The molecule has 1 aliphatic rings. The second kappa shape index (κ2) is 6.72. The van der Waals surface area contributed by atoms with Crippen LogP contribution in [0.5, 0.6) is 0 Å². The first-order chi connectivity index (χ1) is 8.12. The Morgan fingerprint density at radius 2 is 2.06 bits per heavy atom. The Bertz CT molecular complexity index is 216. The van der Waals surface area contributed by atoms with E-state index in [0.717, 1.165) is 12.6 Å². The molecule has 1 aliphatic carbocycles. The first-order valence-electron chi connectivity index (χ1n) is 7.08. The van der Waals surface area contributed by atoms with Gasteiger partial charge < -0.3 is 10.5 Å². The Hall–Kier alpha value is -0.120. The molecule has 0 aromatic rings. The smallest absolute Gasteiger partial charge is 0.0661 e. The Labute approximate surface area is 107 Å². The molecular formula is C14H30N2O. The molecule has 1 atom stereocenters. The maximum atomic E-state index is 6.11. The minimum Gasteiger partial charge on any atom is -0.383 e. The van der Waals surface area contributed by atoms with Crippen LogP contribution in [0.25, 0.3) is 0 Å². The molecule has 0 radical (unpaired) electrons. The molecule has 1 unspecified atom stereocenters.